The molecule has 3 aromatic rings. The van der Waals surface area contributed by atoms with Gasteiger partial charge in [-0.1, -0.05) is 6.07 Å². The molecule has 1 aromatic heterocycles. The van der Waals surface area contributed by atoms with E-state index in [2.05, 4.69) is 4.98 Å². The maximum absolute atomic E-state index is 10.7. The number of phenolic OH excluding ortho intramolecular Hbond substituents is 2. The van der Waals surface area contributed by atoms with Crippen molar-refractivity contribution in [3.05, 3.63) is 42.0 Å². The molecule has 0 aliphatic rings. The second kappa shape index (κ2) is 4.82. The van der Waals surface area contributed by atoms with Crippen molar-refractivity contribution in [1.29, 1.82) is 0 Å². The van der Waals surface area contributed by atoms with Gasteiger partial charge in [-0.15, -0.1) is 0 Å². The number of fused-ring (bicyclic) bond motifs is 1. The number of oxazole rings is 1. The third kappa shape index (κ3) is 2.51. The molecule has 0 atom stereocenters. The van der Waals surface area contributed by atoms with Crippen LogP contribution in [-0.4, -0.2) is 26.3 Å². The maximum atomic E-state index is 10.7. The molecule has 21 heavy (non-hydrogen) atoms. The van der Waals surface area contributed by atoms with Gasteiger partial charge in [0.05, 0.1) is 6.42 Å². The van der Waals surface area contributed by atoms with E-state index in [-0.39, 0.29) is 23.8 Å². The van der Waals surface area contributed by atoms with E-state index in [9.17, 15) is 15.0 Å². The highest BCUT2D eigenvalue weighted by Crippen LogP contribution is 2.31. The standard InChI is InChI=1S/C15H11NO5/c17-11-3-2-9(7-12(11)18)15-16-10-5-8(6-14(19)20)1-4-13(10)21-15/h1-5,7,17-18H,6H2,(H,19,20). The van der Waals surface area contributed by atoms with Gasteiger partial charge in [-0.3, -0.25) is 4.79 Å². The van der Waals surface area contributed by atoms with Crippen LogP contribution in [0.15, 0.2) is 40.8 Å². The summed E-state index contributed by atoms with van der Waals surface area (Å²) in [7, 11) is 0. The normalized spacial score (nSPS) is 10.9. The largest absolute Gasteiger partial charge is 0.504 e. The molecular formula is C15H11NO5. The van der Waals surface area contributed by atoms with Gasteiger partial charge in [0.25, 0.3) is 0 Å². The van der Waals surface area contributed by atoms with Crippen molar-refractivity contribution in [3.8, 4) is 23.0 Å². The van der Waals surface area contributed by atoms with Crippen LogP contribution in [0.25, 0.3) is 22.6 Å². The van der Waals surface area contributed by atoms with Gasteiger partial charge in [-0.25, -0.2) is 4.98 Å². The minimum Gasteiger partial charge on any atom is -0.504 e. The third-order valence-electron chi connectivity index (χ3n) is 3.03. The molecule has 2 aromatic carbocycles. The summed E-state index contributed by atoms with van der Waals surface area (Å²) in [5.74, 6) is -1.12. The van der Waals surface area contributed by atoms with Crippen LogP contribution in [0, 0.1) is 0 Å². The maximum Gasteiger partial charge on any atom is 0.307 e. The first kappa shape index (κ1) is 13.0. The minimum atomic E-state index is -0.915. The van der Waals surface area contributed by atoms with Crippen molar-refractivity contribution in [2.24, 2.45) is 0 Å². The first-order valence-electron chi connectivity index (χ1n) is 6.16. The number of carboxylic acids is 1. The van der Waals surface area contributed by atoms with Crippen LogP contribution in [0.4, 0.5) is 0 Å². The molecule has 0 spiro atoms. The average Bonchev–Trinajstić information content (AvgIpc) is 2.84. The predicted octanol–water partition coefficient (Wildman–Crippen LogP) is 2.53. The van der Waals surface area contributed by atoms with Crippen molar-refractivity contribution < 1.29 is 24.5 Å². The molecule has 0 unspecified atom stereocenters. The Kier molecular flexibility index (Phi) is 2.98. The summed E-state index contributed by atoms with van der Waals surface area (Å²) in [6.07, 6.45) is -0.0852. The Morgan fingerprint density at radius 1 is 1.10 bits per heavy atom. The fourth-order valence-electron chi connectivity index (χ4n) is 2.04. The third-order valence-corrected chi connectivity index (χ3v) is 3.03. The summed E-state index contributed by atoms with van der Waals surface area (Å²) in [4.78, 5) is 15.0. The number of nitrogens with zero attached hydrogens (tertiary/aromatic N) is 1. The fourth-order valence-corrected chi connectivity index (χ4v) is 2.04. The van der Waals surface area contributed by atoms with E-state index >= 15 is 0 Å². The van der Waals surface area contributed by atoms with Crippen LogP contribution in [0.3, 0.4) is 0 Å². The zero-order valence-corrected chi connectivity index (χ0v) is 10.8. The van der Waals surface area contributed by atoms with Gasteiger partial charge in [0, 0.05) is 5.56 Å². The van der Waals surface area contributed by atoms with Crippen LogP contribution in [0.2, 0.25) is 0 Å². The lowest BCUT2D eigenvalue weighted by Crippen LogP contribution is -1.99. The molecule has 0 amide bonds. The molecular weight excluding hydrogens is 274 g/mol. The number of carbonyl (C=O) groups is 1. The van der Waals surface area contributed by atoms with Gasteiger partial charge >= 0.3 is 5.97 Å². The van der Waals surface area contributed by atoms with Crippen molar-refractivity contribution >= 4 is 17.1 Å². The summed E-state index contributed by atoms with van der Waals surface area (Å²) in [6.45, 7) is 0. The fraction of sp³-hybridized carbons (Fsp3) is 0.0667. The lowest BCUT2D eigenvalue weighted by atomic mass is 10.1. The highest BCUT2D eigenvalue weighted by atomic mass is 16.4. The van der Waals surface area contributed by atoms with E-state index in [1.807, 2.05) is 0 Å². The summed E-state index contributed by atoms with van der Waals surface area (Å²) in [5.41, 5.74) is 2.20. The van der Waals surface area contributed by atoms with Gasteiger partial charge in [-0.05, 0) is 35.9 Å². The average molecular weight is 285 g/mol. The Hall–Kier alpha value is -3.02. The molecule has 0 aliphatic heterocycles. The molecule has 0 fully saturated rings. The van der Waals surface area contributed by atoms with E-state index in [0.717, 1.165) is 0 Å². The second-order valence-electron chi connectivity index (χ2n) is 4.60. The molecule has 6 nitrogen and oxygen atoms in total. The number of hydrogen-bond acceptors (Lipinski definition) is 5. The van der Waals surface area contributed by atoms with E-state index in [4.69, 9.17) is 9.52 Å². The lowest BCUT2D eigenvalue weighted by Gasteiger charge is -1.98. The van der Waals surface area contributed by atoms with Crippen LogP contribution >= 0.6 is 0 Å². The van der Waals surface area contributed by atoms with Gasteiger partial charge in [0.15, 0.2) is 17.1 Å². The summed E-state index contributed by atoms with van der Waals surface area (Å²) >= 11 is 0. The lowest BCUT2D eigenvalue weighted by molar-refractivity contribution is -0.136. The Balaban J connectivity index is 2.04. The molecule has 0 aliphatic carbocycles. The van der Waals surface area contributed by atoms with Crippen molar-refractivity contribution in [3.63, 3.8) is 0 Å². The molecule has 0 saturated heterocycles. The summed E-state index contributed by atoms with van der Waals surface area (Å²) in [6, 6.07) is 9.23. The Labute approximate surface area is 118 Å². The number of phenols is 2. The monoisotopic (exact) mass is 285 g/mol. The molecule has 0 radical (unpaired) electrons. The van der Waals surface area contributed by atoms with E-state index in [1.54, 1.807) is 24.3 Å². The van der Waals surface area contributed by atoms with Crippen LogP contribution in [-0.2, 0) is 11.2 Å². The number of rotatable bonds is 3. The number of aromatic nitrogens is 1. The van der Waals surface area contributed by atoms with Crippen LogP contribution in [0.5, 0.6) is 11.5 Å². The Morgan fingerprint density at radius 3 is 2.62 bits per heavy atom. The van der Waals surface area contributed by atoms with Crippen molar-refractivity contribution in [2.45, 2.75) is 6.42 Å². The molecule has 6 heteroatoms. The molecule has 0 bridgehead atoms. The van der Waals surface area contributed by atoms with Gasteiger partial charge in [0.2, 0.25) is 5.89 Å². The quantitative estimate of drug-likeness (QED) is 0.639. The predicted molar refractivity (Wildman–Crippen MR) is 74.1 cm³/mol. The van der Waals surface area contributed by atoms with E-state index in [1.165, 1.54) is 12.1 Å². The topological polar surface area (TPSA) is 104 Å². The molecule has 3 rings (SSSR count). The molecule has 0 saturated carbocycles. The number of hydrogen-bond donors (Lipinski definition) is 3. The van der Waals surface area contributed by atoms with Gasteiger partial charge < -0.3 is 19.7 Å². The highest BCUT2D eigenvalue weighted by molar-refractivity contribution is 5.79. The number of benzene rings is 2. The smallest absolute Gasteiger partial charge is 0.307 e. The highest BCUT2D eigenvalue weighted by Gasteiger charge is 2.11. The molecule has 3 N–H and O–H groups in total. The van der Waals surface area contributed by atoms with Crippen LogP contribution < -0.4 is 0 Å². The number of carboxylic acid groups (broad SMARTS) is 1. The summed E-state index contributed by atoms with van der Waals surface area (Å²) in [5, 5.41) is 27.6. The minimum absolute atomic E-state index is 0.0852. The van der Waals surface area contributed by atoms with Gasteiger partial charge in [0.1, 0.15) is 5.52 Å². The van der Waals surface area contributed by atoms with Crippen molar-refractivity contribution in [1.82, 2.24) is 4.98 Å². The molecule has 106 valence electrons. The Bertz CT molecular complexity index is 837. The molecule has 1 heterocycles. The zero-order chi connectivity index (χ0) is 15.0. The SMILES string of the molecule is O=C(O)Cc1ccc2oc(-c3ccc(O)c(O)c3)nc2c1. The number of aromatic hydroxyl groups is 2. The van der Waals surface area contributed by atoms with E-state index < -0.39 is 5.97 Å². The first-order chi connectivity index (χ1) is 10.0. The second-order valence-corrected chi connectivity index (χ2v) is 4.60. The first-order valence-corrected chi connectivity index (χ1v) is 6.16. The van der Waals surface area contributed by atoms with Crippen molar-refractivity contribution in [2.75, 3.05) is 0 Å². The zero-order valence-electron chi connectivity index (χ0n) is 10.8. The van der Waals surface area contributed by atoms with Crippen LogP contribution in [0.1, 0.15) is 5.56 Å². The van der Waals surface area contributed by atoms with Gasteiger partial charge in [-0.2, -0.15) is 0 Å². The Morgan fingerprint density at radius 2 is 1.90 bits per heavy atom. The summed E-state index contributed by atoms with van der Waals surface area (Å²) < 4.78 is 5.56. The number of aliphatic carboxylic acids is 1. The van der Waals surface area contributed by atoms with E-state index in [0.29, 0.717) is 22.2 Å².